The average molecular weight is 939 g/mol. The van der Waals surface area contributed by atoms with E-state index in [-0.39, 0.29) is 20.1 Å². The number of para-hydroxylation sites is 4. The van der Waals surface area contributed by atoms with Gasteiger partial charge in [0.1, 0.15) is 23.3 Å². The predicted molar refractivity (Wildman–Crippen MR) is 233 cm³/mol. The molecule has 0 unspecified atom stereocenters. The molecule has 0 fully saturated rings. The van der Waals surface area contributed by atoms with Crippen molar-refractivity contribution in [3.63, 3.8) is 0 Å². The second kappa shape index (κ2) is 16.7. The van der Waals surface area contributed by atoms with E-state index in [2.05, 4.69) is 117 Å². The fourth-order valence-corrected chi connectivity index (χ4v) is 7.09. The van der Waals surface area contributed by atoms with E-state index in [9.17, 15) is 0 Å². The Morgan fingerprint density at radius 3 is 1.42 bits per heavy atom. The molecule has 4 heterocycles. The molecule has 0 spiro atoms. The third-order valence-corrected chi connectivity index (χ3v) is 9.97. The van der Waals surface area contributed by atoms with Gasteiger partial charge in [0.15, 0.2) is 0 Å². The van der Waals surface area contributed by atoms with Gasteiger partial charge >= 0.3 is 0 Å². The van der Waals surface area contributed by atoms with E-state index in [1.165, 1.54) is 16.7 Å². The Hall–Kier alpha value is -7.19. The Labute approximate surface area is 357 Å². The molecule has 0 bridgehead atoms. The summed E-state index contributed by atoms with van der Waals surface area (Å²) in [5.74, 6) is 3.21. The SMILES string of the molecule is [Ir].[c-]1cc(-c2ccccc2)ccc1N1[CH-]N(c2ccc(-c3ccccc3)cc2)c2nccnc21.[c-]1ccccc1N1[CH-]N(c2ccccc2)c2nc3ccccc3nc21. The topological polar surface area (TPSA) is 64.5 Å². The van der Waals surface area contributed by atoms with Crippen LogP contribution >= 0.6 is 0 Å². The number of nitrogens with zero attached hydrogens (tertiary/aromatic N) is 8. The molecule has 2 aliphatic heterocycles. The van der Waals surface area contributed by atoms with Crippen LogP contribution in [0.15, 0.2) is 194 Å². The van der Waals surface area contributed by atoms with Crippen LogP contribution in [0.3, 0.4) is 0 Å². The van der Waals surface area contributed by atoms with E-state index in [1.54, 1.807) is 12.4 Å². The quantitative estimate of drug-likeness (QED) is 0.153. The maximum Gasteiger partial charge on any atom is 0.146 e. The molecule has 0 saturated heterocycles. The van der Waals surface area contributed by atoms with Crippen molar-refractivity contribution in [3.8, 4) is 22.3 Å². The normalized spacial score (nSPS) is 12.7. The minimum atomic E-state index is 0. The first-order valence-electron chi connectivity index (χ1n) is 19.0. The summed E-state index contributed by atoms with van der Waals surface area (Å²) >= 11 is 0. The van der Waals surface area contributed by atoms with E-state index in [1.807, 2.05) is 120 Å². The summed E-state index contributed by atoms with van der Waals surface area (Å²) in [7, 11) is 0. The van der Waals surface area contributed by atoms with Gasteiger partial charge in [-0.1, -0.05) is 109 Å². The molecule has 9 heteroatoms. The Balaban J connectivity index is 0.000000155. The number of aromatic nitrogens is 4. The molecule has 59 heavy (non-hydrogen) atoms. The summed E-state index contributed by atoms with van der Waals surface area (Å²) in [6.07, 6.45) is 3.45. The second-order valence-electron chi connectivity index (χ2n) is 13.6. The third kappa shape index (κ3) is 7.53. The summed E-state index contributed by atoms with van der Waals surface area (Å²) < 4.78 is 0. The van der Waals surface area contributed by atoms with Gasteiger partial charge in [-0.15, -0.1) is 36.3 Å². The number of hydrogen-bond donors (Lipinski definition) is 0. The van der Waals surface area contributed by atoms with Crippen LogP contribution in [0.4, 0.5) is 46.0 Å². The summed E-state index contributed by atoms with van der Waals surface area (Å²) in [5, 5.41) is 0. The molecule has 287 valence electrons. The van der Waals surface area contributed by atoms with Gasteiger partial charge in [-0.2, -0.15) is 48.5 Å². The standard InChI is InChI=1S/C29H20N4.C21H14N4.Ir/c1-3-7-22(8-4-1)24-11-15-26(16-12-24)32-21-33(29-28(32)30-19-20-31-29)27-17-13-25(14-18-27)23-9-5-2-6-10-23;1-3-9-16(10-4-1)24-15-25(17-11-5-2-6-12-17)21-20(24)22-18-13-7-8-14-19(18)23-21;/h1-17,19-21H;1-11,13-15H;/q2*-2;. The van der Waals surface area contributed by atoms with Crippen LogP contribution in [-0.2, 0) is 20.1 Å². The molecule has 0 atom stereocenters. The molecular formula is C50H34IrN8-4. The van der Waals surface area contributed by atoms with Gasteiger partial charge in [0.05, 0.1) is 11.0 Å². The molecule has 9 aromatic rings. The van der Waals surface area contributed by atoms with Crippen LogP contribution in [0.1, 0.15) is 0 Å². The molecule has 0 amide bonds. The number of anilines is 8. The maximum atomic E-state index is 4.87. The van der Waals surface area contributed by atoms with Crippen LogP contribution in [0.25, 0.3) is 33.3 Å². The molecule has 0 aliphatic carbocycles. The second-order valence-corrected chi connectivity index (χ2v) is 13.6. The van der Waals surface area contributed by atoms with Crippen LogP contribution in [0.5, 0.6) is 0 Å². The van der Waals surface area contributed by atoms with Crippen LogP contribution in [0.2, 0.25) is 0 Å². The summed E-state index contributed by atoms with van der Waals surface area (Å²) in [6, 6.07) is 68.1. The van der Waals surface area contributed by atoms with E-state index >= 15 is 0 Å². The minimum Gasteiger partial charge on any atom is -0.477 e. The molecule has 2 aromatic heterocycles. The first-order chi connectivity index (χ1) is 28.8. The zero-order chi connectivity index (χ0) is 38.7. The summed E-state index contributed by atoms with van der Waals surface area (Å²) in [4.78, 5) is 27.1. The number of fused-ring (bicyclic) bond motifs is 3. The van der Waals surface area contributed by atoms with Crippen LogP contribution < -0.4 is 19.6 Å². The molecule has 1 radical (unpaired) electrons. The molecule has 0 saturated carbocycles. The first kappa shape index (κ1) is 37.4. The van der Waals surface area contributed by atoms with E-state index in [0.29, 0.717) is 0 Å². The van der Waals surface area contributed by atoms with Gasteiger partial charge < -0.3 is 19.6 Å². The van der Waals surface area contributed by atoms with Gasteiger partial charge in [0.25, 0.3) is 0 Å². The van der Waals surface area contributed by atoms with Gasteiger partial charge in [0, 0.05) is 43.9 Å². The monoisotopic (exact) mass is 939 g/mol. The van der Waals surface area contributed by atoms with Crippen molar-refractivity contribution in [3.05, 3.63) is 220 Å². The van der Waals surface area contributed by atoms with Crippen molar-refractivity contribution in [1.82, 2.24) is 19.9 Å². The smallest absolute Gasteiger partial charge is 0.146 e. The van der Waals surface area contributed by atoms with Gasteiger partial charge in [-0.3, -0.25) is 0 Å². The zero-order valence-electron chi connectivity index (χ0n) is 31.5. The summed E-state index contributed by atoms with van der Waals surface area (Å²) in [5.41, 5.74) is 10.4. The fourth-order valence-electron chi connectivity index (χ4n) is 7.09. The molecule has 7 aromatic carbocycles. The first-order valence-corrected chi connectivity index (χ1v) is 19.0. The third-order valence-electron chi connectivity index (χ3n) is 9.97. The van der Waals surface area contributed by atoms with E-state index in [4.69, 9.17) is 9.97 Å². The molecule has 0 N–H and O–H groups in total. The van der Waals surface area contributed by atoms with Crippen molar-refractivity contribution in [2.45, 2.75) is 0 Å². The van der Waals surface area contributed by atoms with Gasteiger partial charge in [-0.05, 0) is 47.5 Å². The van der Waals surface area contributed by atoms with Crippen molar-refractivity contribution in [2.24, 2.45) is 0 Å². The number of benzene rings is 7. The van der Waals surface area contributed by atoms with Crippen molar-refractivity contribution >= 4 is 57.1 Å². The van der Waals surface area contributed by atoms with Crippen molar-refractivity contribution in [1.29, 1.82) is 0 Å². The summed E-state index contributed by atoms with van der Waals surface area (Å²) in [6.45, 7) is 4.04. The molecular weight excluding hydrogens is 905 g/mol. The van der Waals surface area contributed by atoms with Crippen molar-refractivity contribution in [2.75, 3.05) is 19.6 Å². The largest absolute Gasteiger partial charge is 0.477 e. The van der Waals surface area contributed by atoms with E-state index in [0.717, 1.165) is 62.6 Å². The Kier molecular flexibility index (Phi) is 10.6. The van der Waals surface area contributed by atoms with Crippen LogP contribution in [0, 0.1) is 25.5 Å². The average Bonchev–Trinajstić information content (AvgIpc) is 3.89. The van der Waals surface area contributed by atoms with Gasteiger partial charge in [-0.25, -0.2) is 19.9 Å². The minimum absolute atomic E-state index is 0. The number of hydrogen-bond acceptors (Lipinski definition) is 8. The molecule has 2 aliphatic rings. The fraction of sp³-hybridized carbons (Fsp3) is 0. The Morgan fingerprint density at radius 1 is 0.373 bits per heavy atom. The Bertz CT molecular complexity index is 2600. The maximum absolute atomic E-state index is 4.87. The molecule has 8 nitrogen and oxygen atoms in total. The zero-order valence-corrected chi connectivity index (χ0v) is 33.9. The molecule has 11 rings (SSSR count). The Morgan fingerprint density at radius 2 is 0.831 bits per heavy atom. The van der Waals surface area contributed by atoms with Crippen LogP contribution in [-0.4, -0.2) is 19.9 Å². The van der Waals surface area contributed by atoms with Crippen molar-refractivity contribution < 1.29 is 20.1 Å². The van der Waals surface area contributed by atoms with E-state index < -0.39 is 0 Å². The number of rotatable bonds is 6. The van der Waals surface area contributed by atoms with Gasteiger partial charge in [0.2, 0.25) is 0 Å². The predicted octanol–water partition coefficient (Wildman–Crippen LogP) is 11.9.